The van der Waals surface area contributed by atoms with Crippen LogP contribution >= 0.6 is 0 Å². The number of rotatable bonds is 5. The molecule has 0 aliphatic heterocycles. The minimum atomic E-state index is -0.224. The van der Waals surface area contributed by atoms with E-state index < -0.39 is 0 Å². The summed E-state index contributed by atoms with van der Waals surface area (Å²) in [5.74, 6) is -0.381. The third kappa shape index (κ3) is 4.67. The van der Waals surface area contributed by atoms with Crippen LogP contribution in [-0.4, -0.2) is 40.1 Å². The van der Waals surface area contributed by atoms with Crippen molar-refractivity contribution in [2.75, 3.05) is 18.9 Å². The Balaban J connectivity index is 1.88. The average molecular weight is 314 g/mol. The standard InChI is InChI=1S/C17H22N4O2/c1-12-5-7-15(8-6-12)18-16(22)10-20(4)17(23)11-21-14(3)9-13(2)19-21/h5-9H,10-11H2,1-4H3,(H,18,22). The van der Waals surface area contributed by atoms with Crippen molar-refractivity contribution in [3.63, 3.8) is 0 Å². The van der Waals surface area contributed by atoms with Crippen LogP contribution in [0.2, 0.25) is 0 Å². The monoisotopic (exact) mass is 314 g/mol. The van der Waals surface area contributed by atoms with Gasteiger partial charge in [-0.15, -0.1) is 0 Å². The smallest absolute Gasteiger partial charge is 0.244 e. The molecule has 0 radical (unpaired) electrons. The van der Waals surface area contributed by atoms with Crippen molar-refractivity contribution in [1.29, 1.82) is 0 Å². The molecule has 6 heteroatoms. The van der Waals surface area contributed by atoms with Crippen LogP contribution in [0.25, 0.3) is 0 Å². The maximum absolute atomic E-state index is 12.2. The van der Waals surface area contributed by atoms with Crippen LogP contribution in [0.3, 0.4) is 0 Å². The first-order valence-electron chi connectivity index (χ1n) is 7.46. The molecule has 0 unspecified atom stereocenters. The van der Waals surface area contributed by atoms with Crippen LogP contribution in [0.1, 0.15) is 17.0 Å². The Morgan fingerprint density at radius 2 is 1.83 bits per heavy atom. The van der Waals surface area contributed by atoms with Gasteiger partial charge in [-0.25, -0.2) is 0 Å². The third-order valence-corrected chi connectivity index (χ3v) is 3.53. The molecule has 23 heavy (non-hydrogen) atoms. The van der Waals surface area contributed by atoms with Crippen molar-refractivity contribution in [3.05, 3.63) is 47.3 Å². The fourth-order valence-electron chi connectivity index (χ4n) is 2.22. The first-order valence-corrected chi connectivity index (χ1v) is 7.46. The van der Waals surface area contributed by atoms with Crippen LogP contribution in [0, 0.1) is 20.8 Å². The van der Waals surface area contributed by atoms with Crippen molar-refractivity contribution in [2.24, 2.45) is 0 Å². The third-order valence-electron chi connectivity index (χ3n) is 3.53. The predicted molar refractivity (Wildman–Crippen MR) is 89.1 cm³/mol. The van der Waals surface area contributed by atoms with Crippen LogP contribution < -0.4 is 5.32 Å². The van der Waals surface area contributed by atoms with E-state index in [0.717, 1.165) is 22.6 Å². The fourth-order valence-corrected chi connectivity index (χ4v) is 2.22. The van der Waals surface area contributed by atoms with Gasteiger partial charge in [-0.1, -0.05) is 17.7 Å². The fraction of sp³-hybridized carbons (Fsp3) is 0.353. The van der Waals surface area contributed by atoms with E-state index >= 15 is 0 Å². The summed E-state index contributed by atoms with van der Waals surface area (Å²) >= 11 is 0. The van der Waals surface area contributed by atoms with E-state index in [9.17, 15) is 9.59 Å². The van der Waals surface area contributed by atoms with E-state index in [2.05, 4.69) is 10.4 Å². The molecule has 0 saturated carbocycles. The lowest BCUT2D eigenvalue weighted by atomic mass is 10.2. The molecule has 2 amide bonds. The molecule has 0 saturated heterocycles. The van der Waals surface area contributed by atoms with Gasteiger partial charge in [0.05, 0.1) is 12.2 Å². The van der Waals surface area contributed by atoms with Gasteiger partial charge in [-0.3, -0.25) is 14.3 Å². The molecule has 1 aromatic heterocycles. The Hall–Kier alpha value is -2.63. The number of hydrogen-bond donors (Lipinski definition) is 1. The summed E-state index contributed by atoms with van der Waals surface area (Å²) in [6, 6.07) is 9.44. The number of carbonyl (C=O) groups is 2. The molecule has 1 heterocycles. The highest BCUT2D eigenvalue weighted by atomic mass is 16.2. The van der Waals surface area contributed by atoms with Crippen molar-refractivity contribution in [3.8, 4) is 0 Å². The molecule has 0 aliphatic rings. The minimum absolute atomic E-state index is 0.00596. The Morgan fingerprint density at radius 1 is 1.17 bits per heavy atom. The first kappa shape index (κ1) is 16.7. The van der Waals surface area contributed by atoms with Crippen molar-refractivity contribution >= 4 is 17.5 Å². The van der Waals surface area contributed by atoms with Gasteiger partial charge >= 0.3 is 0 Å². The van der Waals surface area contributed by atoms with Crippen molar-refractivity contribution in [2.45, 2.75) is 27.3 Å². The number of nitrogens with one attached hydrogen (secondary N) is 1. The molecule has 0 bridgehead atoms. The van der Waals surface area contributed by atoms with Gasteiger partial charge in [0.25, 0.3) is 0 Å². The lowest BCUT2D eigenvalue weighted by Crippen LogP contribution is -2.37. The Kier molecular flexibility index (Phi) is 5.16. The predicted octanol–water partition coefficient (Wildman–Crippen LogP) is 1.91. The zero-order chi connectivity index (χ0) is 17.0. The zero-order valence-corrected chi connectivity index (χ0v) is 14.0. The van der Waals surface area contributed by atoms with Gasteiger partial charge in [0, 0.05) is 18.4 Å². The second-order valence-electron chi connectivity index (χ2n) is 5.75. The molecule has 1 N–H and O–H groups in total. The largest absolute Gasteiger partial charge is 0.335 e. The molecule has 2 rings (SSSR count). The highest BCUT2D eigenvalue weighted by Crippen LogP contribution is 2.08. The van der Waals surface area contributed by atoms with Gasteiger partial charge in [0.2, 0.25) is 11.8 Å². The maximum Gasteiger partial charge on any atom is 0.244 e. The van der Waals surface area contributed by atoms with Crippen LogP contribution in [-0.2, 0) is 16.1 Å². The quantitative estimate of drug-likeness (QED) is 0.916. The number of nitrogens with zero attached hydrogens (tertiary/aromatic N) is 3. The Morgan fingerprint density at radius 3 is 2.39 bits per heavy atom. The summed E-state index contributed by atoms with van der Waals surface area (Å²) in [4.78, 5) is 25.6. The molecule has 0 spiro atoms. The van der Waals surface area contributed by atoms with Gasteiger partial charge in [0.15, 0.2) is 0 Å². The molecule has 122 valence electrons. The molecular weight excluding hydrogens is 292 g/mol. The molecule has 0 aliphatic carbocycles. The summed E-state index contributed by atoms with van der Waals surface area (Å²) in [6.45, 7) is 5.90. The number of aryl methyl sites for hydroxylation is 3. The first-order chi connectivity index (χ1) is 10.8. The second kappa shape index (κ2) is 7.09. The normalized spacial score (nSPS) is 10.4. The van der Waals surface area contributed by atoms with E-state index in [0.29, 0.717) is 0 Å². The van der Waals surface area contributed by atoms with Crippen molar-refractivity contribution in [1.82, 2.24) is 14.7 Å². The molecule has 0 fully saturated rings. The van der Waals surface area contributed by atoms with E-state index in [1.165, 1.54) is 4.90 Å². The van der Waals surface area contributed by atoms with E-state index in [1.807, 2.05) is 51.1 Å². The van der Waals surface area contributed by atoms with Crippen molar-refractivity contribution < 1.29 is 9.59 Å². The highest BCUT2D eigenvalue weighted by molar-refractivity contribution is 5.94. The number of carbonyl (C=O) groups excluding carboxylic acids is 2. The van der Waals surface area contributed by atoms with Gasteiger partial charge in [0.1, 0.15) is 6.54 Å². The minimum Gasteiger partial charge on any atom is -0.335 e. The lowest BCUT2D eigenvalue weighted by molar-refractivity contribution is -0.134. The molecule has 6 nitrogen and oxygen atoms in total. The average Bonchev–Trinajstić information content (AvgIpc) is 2.79. The number of anilines is 1. The number of benzene rings is 1. The number of amides is 2. The topological polar surface area (TPSA) is 67.2 Å². The lowest BCUT2D eigenvalue weighted by Gasteiger charge is -2.17. The highest BCUT2D eigenvalue weighted by Gasteiger charge is 2.15. The Bertz CT molecular complexity index is 704. The van der Waals surface area contributed by atoms with Gasteiger partial charge < -0.3 is 10.2 Å². The van der Waals surface area contributed by atoms with E-state index in [4.69, 9.17) is 0 Å². The SMILES string of the molecule is Cc1ccc(NC(=O)CN(C)C(=O)Cn2nc(C)cc2C)cc1. The van der Waals surface area contributed by atoms with Gasteiger partial charge in [-0.2, -0.15) is 5.10 Å². The summed E-state index contributed by atoms with van der Waals surface area (Å²) in [5, 5.41) is 7.04. The number of hydrogen-bond acceptors (Lipinski definition) is 3. The molecule has 2 aromatic rings. The summed E-state index contributed by atoms with van der Waals surface area (Å²) in [6.07, 6.45) is 0. The van der Waals surface area contributed by atoms with E-state index in [1.54, 1.807) is 11.7 Å². The second-order valence-corrected chi connectivity index (χ2v) is 5.75. The number of likely N-dealkylation sites (N-methyl/N-ethyl adjacent to an activating group) is 1. The summed E-state index contributed by atoms with van der Waals surface area (Å²) in [5.41, 5.74) is 3.64. The maximum atomic E-state index is 12.2. The van der Waals surface area contributed by atoms with Crippen LogP contribution in [0.15, 0.2) is 30.3 Å². The molecule has 1 aromatic carbocycles. The van der Waals surface area contributed by atoms with Gasteiger partial charge in [-0.05, 0) is 39.0 Å². The zero-order valence-electron chi connectivity index (χ0n) is 14.0. The molecular formula is C17H22N4O2. The summed E-state index contributed by atoms with van der Waals surface area (Å²) < 4.78 is 1.64. The Labute approximate surface area is 136 Å². The van der Waals surface area contributed by atoms with E-state index in [-0.39, 0.29) is 24.9 Å². The number of aromatic nitrogens is 2. The van der Waals surface area contributed by atoms with Crippen LogP contribution in [0.4, 0.5) is 5.69 Å². The molecule has 0 atom stereocenters. The summed E-state index contributed by atoms with van der Waals surface area (Å²) in [7, 11) is 1.61. The van der Waals surface area contributed by atoms with Crippen LogP contribution in [0.5, 0.6) is 0 Å².